The lowest BCUT2D eigenvalue weighted by Crippen LogP contribution is -2.46. The SMILES string of the molecule is CCCNC(=O)NC(=O)CN[C@@H](C)C(=O)O. The van der Waals surface area contributed by atoms with E-state index in [4.69, 9.17) is 5.11 Å². The van der Waals surface area contributed by atoms with Crippen molar-refractivity contribution in [3.63, 3.8) is 0 Å². The van der Waals surface area contributed by atoms with Crippen LogP contribution in [0.2, 0.25) is 0 Å². The second-order valence-corrected chi connectivity index (χ2v) is 3.24. The number of aliphatic carboxylic acids is 1. The van der Waals surface area contributed by atoms with Gasteiger partial charge in [-0.1, -0.05) is 6.92 Å². The molecule has 92 valence electrons. The molecule has 7 nitrogen and oxygen atoms in total. The zero-order valence-electron chi connectivity index (χ0n) is 9.37. The predicted molar refractivity (Wildman–Crippen MR) is 56.9 cm³/mol. The monoisotopic (exact) mass is 231 g/mol. The van der Waals surface area contributed by atoms with Crippen LogP contribution in [-0.2, 0) is 9.59 Å². The lowest BCUT2D eigenvalue weighted by molar-refractivity contribution is -0.139. The van der Waals surface area contributed by atoms with Crippen molar-refractivity contribution in [3.05, 3.63) is 0 Å². The van der Waals surface area contributed by atoms with Gasteiger partial charge in [0.05, 0.1) is 6.54 Å². The average molecular weight is 231 g/mol. The van der Waals surface area contributed by atoms with E-state index in [9.17, 15) is 14.4 Å². The van der Waals surface area contributed by atoms with Crippen LogP contribution in [0.3, 0.4) is 0 Å². The maximum absolute atomic E-state index is 11.1. The molecule has 0 saturated carbocycles. The van der Waals surface area contributed by atoms with Crippen molar-refractivity contribution in [2.45, 2.75) is 26.3 Å². The first-order chi connectivity index (χ1) is 7.47. The van der Waals surface area contributed by atoms with Crippen molar-refractivity contribution in [2.75, 3.05) is 13.1 Å². The van der Waals surface area contributed by atoms with Gasteiger partial charge >= 0.3 is 12.0 Å². The van der Waals surface area contributed by atoms with E-state index in [0.29, 0.717) is 6.54 Å². The summed E-state index contributed by atoms with van der Waals surface area (Å²) in [5.41, 5.74) is 0. The number of hydrogen-bond acceptors (Lipinski definition) is 4. The third kappa shape index (κ3) is 6.77. The minimum Gasteiger partial charge on any atom is -0.480 e. The molecular weight excluding hydrogens is 214 g/mol. The second-order valence-electron chi connectivity index (χ2n) is 3.24. The molecule has 16 heavy (non-hydrogen) atoms. The first-order valence-electron chi connectivity index (χ1n) is 5.01. The zero-order valence-corrected chi connectivity index (χ0v) is 9.37. The molecule has 0 radical (unpaired) electrons. The number of carbonyl (C=O) groups is 3. The van der Waals surface area contributed by atoms with Crippen LogP contribution in [0.4, 0.5) is 4.79 Å². The topological polar surface area (TPSA) is 108 Å². The van der Waals surface area contributed by atoms with Crippen molar-refractivity contribution >= 4 is 17.9 Å². The summed E-state index contributed by atoms with van der Waals surface area (Å²) in [5, 5.41) is 15.5. The summed E-state index contributed by atoms with van der Waals surface area (Å²) in [5.74, 6) is -1.62. The lowest BCUT2D eigenvalue weighted by atomic mass is 10.3. The number of imide groups is 1. The normalized spacial score (nSPS) is 11.6. The third-order valence-electron chi connectivity index (χ3n) is 1.73. The summed E-state index contributed by atoms with van der Waals surface area (Å²) in [6.07, 6.45) is 0.774. The van der Waals surface area contributed by atoms with Gasteiger partial charge in [-0.2, -0.15) is 0 Å². The third-order valence-corrected chi connectivity index (χ3v) is 1.73. The van der Waals surface area contributed by atoms with Crippen LogP contribution in [0.15, 0.2) is 0 Å². The highest BCUT2D eigenvalue weighted by Gasteiger charge is 2.12. The fourth-order valence-corrected chi connectivity index (χ4v) is 0.787. The number of rotatable bonds is 6. The minimum absolute atomic E-state index is 0.215. The summed E-state index contributed by atoms with van der Waals surface area (Å²) in [6, 6.07) is -1.40. The van der Waals surface area contributed by atoms with Crippen molar-refractivity contribution < 1.29 is 19.5 Å². The van der Waals surface area contributed by atoms with Crippen LogP contribution in [0.5, 0.6) is 0 Å². The summed E-state index contributed by atoms with van der Waals surface area (Å²) in [7, 11) is 0. The number of nitrogens with one attached hydrogen (secondary N) is 3. The van der Waals surface area contributed by atoms with Gasteiger partial charge in [-0.05, 0) is 13.3 Å². The number of carbonyl (C=O) groups excluding carboxylic acids is 2. The van der Waals surface area contributed by atoms with Gasteiger partial charge in [0.15, 0.2) is 0 Å². The van der Waals surface area contributed by atoms with Crippen LogP contribution < -0.4 is 16.0 Å². The van der Waals surface area contributed by atoms with E-state index in [2.05, 4.69) is 16.0 Å². The molecule has 0 unspecified atom stereocenters. The van der Waals surface area contributed by atoms with E-state index in [1.54, 1.807) is 0 Å². The van der Waals surface area contributed by atoms with Crippen molar-refractivity contribution in [2.24, 2.45) is 0 Å². The molecule has 7 heteroatoms. The standard InChI is InChI=1S/C9H17N3O4/c1-3-4-10-9(16)12-7(13)5-11-6(2)8(14)15/h6,11H,3-5H2,1-2H3,(H,14,15)(H2,10,12,13,16)/t6-/m0/s1. The molecule has 0 aromatic rings. The summed E-state index contributed by atoms with van der Waals surface area (Å²) in [4.78, 5) is 32.5. The number of hydrogen-bond donors (Lipinski definition) is 4. The molecule has 3 amide bonds. The molecule has 1 atom stereocenters. The van der Waals surface area contributed by atoms with Gasteiger partial charge in [0.25, 0.3) is 0 Å². The first kappa shape index (κ1) is 14.4. The molecular formula is C9H17N3O4. The summed E-state index contributed by atoms with van der Waals surface area (Å²) < 4.78 is 0. The Labute approximate surface area is 93.6 Å². The Bertz CT molecular complexity index is 267. The summed E-state index contributed by atoms with van der Waals surface area (Å²) in [6.45, 7) is 3.57. The van der Waals surface area contributed by atoms with E-state index in [-0.39, 0.29) is 6.54 Å². The Morgan fingerprint density at radius 2 is 1.94 bits per heavy atom. The van der Waals surface area contributed by atoms with Crippen LogP contribution in [0.25, 0.3) is 0 Å². The number of carboxylic acid groups (broad SMARTS) is 1. The van der Waals surface area contributed by atoms with E-state index in [1.165, 1.54) is 6.92 Å². The van der Waals surface area contributed by atoms with Gasteiger partial charge in [-0.25, -0.2) is 4.79 Å². The van der Waals surface area contributed by atoms with Gasteiger partial charge in [0, 0.05) is 6.54 Å². The minimum atomic E-state index is -1.05. The van der Waals surface area contributed by atoms with Gasteiger partial charge in [0.2, 0.25) is 5.91 Å². The molecule has 0 saturated heterocycles. The van der Waals surface area contributed by atoms with Crippen LogP contribution >= 0.6 is 0 Å². The first-order valence-corrected chi connectivity index (χ1v) is 5.01. The molecule has 0 fully saturated rings. The number of amides is 3. The quantitative estimate of drug-likeness (QED) is 0.483. The Balaban J connectivity index is 3.74. The van der Waals surface area contributed by atoms with Crippen LogP contribution in [0.1, 0.15) is 20.3 Å². The zero-order chi connectivity index (χ0) is 12.6. The van der Waals surface area contributed by atoms with Crippen LogP contribution in [0, 0.1) is 0 Å². The molecule has 0 aliphatic carbocycles. The average Bonchev–Trinajstić information content (AvgIpc) is 2.22. The molecule has 0 aliphatic rings. The lowest BCUT2D eigenvalue weighted by Gasteiger charge is -2.09. The molecule has 0 bridgehead atoms. The summed E-state index contributed by atoms with van der Waals surface area (Å²) >= 11 is 0. The smallest absolute Gasteiger partial charge is 0.321 e. The molecule has 4 N–H and O–H groups in total. The van der Waals surface area contributed by atoms with E-state index in [1.807, 2.05) is 6.92 Å². The highest BCUT2D eigenvalue weighted by Crippen LogP contribution is 1.79. The molecule has 0 spiro atoms. The van der Waals surface area contributed by atoms with E-state index >= 15 is 0 Å². The maximum Gasteiger partial charge on any atom is 0.321 e. The van der Waals surface area contributed by atoms with Gasteiger partial charge in [-0.3, -0.25) is 20.2 Å². The molecule has 0 aromatic heterocycles. The largest absolute Gasteiger partial charge is 0.480 e. The molecule has 0 rings (SSSR count). The Morgan fingerprint density at radius 1 is 1.31 bits per heavy atom. The maximum atomic E-state index is 11.1. The van der Waals surface area contributed by atoms with Crippen molar-refractivity contribution in [1.29, 1.82) is 0 Å². The number of urea groups is 1. The Morgan fingerprint density at radius 3 is 2.44 bits per heavy atom. The van der Waals surface area contributed by atoms with Gasteiger partial charge < -0.3 is 10.4 Å². The Kier molecular flexibility index (Phi) is 6.86. The highest BCUT2D eigenvalue weighted by atomic mass is 16.4. The Hall–Kier alpha value is -1.63. The molecule has 0 aliphatic heterocycles. The fraction of sp³-hybridized carbons (Fsp3) is 0.667. The van der Waals surface area contributed by atoms with Gasteiger partial charge in [-0.15, -0.1) is 0 Å². The van der Waals surface area contributed by atoms with Crippen LogP contribution in [-0.4, -0.2) is 42.1 Å². The van der Waals surface area contributed by atoms with E-state index in [0.717, 1.165) is 6.42 Å². The van der Waals surface area contributed by atoms with E-state index < -0.39 is 23.9 Å². The second kappa shape index (κ2) is 7.63. The van der Waals surface area contributed by atoms with Crippen molar-refractivity contribution in [3.8, 4) is 0 Å². The molecule has 0 heterocycles. The predicted octanol–water partition coefficient (Wildman–Crippen LogP) is -0.715. The fourth-order valence-electron chi connectivity index (χ4n) is 0.787. The van der Waals surface area contributed by atoms with Gasteiger partial charge in [0.1, 0.15) is 6.04 Å². The highest BCUT2D eigenvalue weighted by molar-refractivity contribution is 5.95. The molecule has 0 aromatic carbocycles. The van der Waals surface area contributed by atoms with Crippen molar-refractivity contribution in [1.82, 2.24) is 16.0 Å². The number of carboxylic acids is 1.